The molecule has 0 unspecified atom stereocenters. The van der Waals surface area contributed by atoms with Gasteiger partial charge in [-0.15, -0.1) is 11.3 Å². The number of benzene rings is 3. The van der Waals surface area contributed by atoms with Gasteiger partial charge in [0.05, 0.1) is 15.1 Å². The highest BCUT2D eigenvalue weighted by molar-refractivity contribution is 7.89. The van der Waals surface area contributed by atoms with E-state index in [2.05, 4.69) is 10.8 Å². The van der Waals surface area contributed by atoms with E-state index in [1.807, 2.05) is 37.3 Å². The van der Waals surface area contributed by atoms with Crippen molar-refractivity contribution >= 4 is 59.5 Å². The number of sulfonamides is 1. The number of aryl methyl sites for hydroxylation is 1. The summed E-state index contributed by atoms with van der Waals surface area (Å²) in [7, 11) is -4.04. The van der Waals surface area contributed by atoms with Gasteiger partial charge in [0, 0.05) is 16.3 Å². The molecule has 0 spiro atoms. The van der Waals surface area contributed by atoms with Gasteiger partial charge >= 0.3 is 5.97 Å². The second-order valence-electron chi connectivity index (χ2n) is 8.64. The highest BCUT2D eigenvalue weighted by Crippen LogP contribution is 2.36. The summed E-state index contributed by atoms with van der Waals surface area (Å²) < 4.78 is 35.2. The standard InChI is InChI=1S/C25H22N2O5S2/c1-13(2)23(25(28)29)27-34(30,31)16-6-9-20-18(12-16)17-7-5-15(11-21(17)32-20)24-26-19-8-4-14(3)10-22(19)33-24/h4-13,23,27H,1-3H3,(H,28,29)/t23-/m1/s1. The molecule has 0 saturated heterocycles. The average Bonchev–Trinajstić information content (AvgIpc) is 3.36. The fourth-order valence-corrected chi connectivity index (χ4v) is 6.34. The van der Waals surface area contributed by atoms with Crippen LogP contribution >= 0.6 is 11.3 Å². The van der Waals surface area contributed by atoms with Gasteiger partial charge in [0.15, 0.2) is 0 Å². The minimum Gasteiger partial charge on any atom is -0.480 e. The number of nitrogens with zero attached hydrogens (tertiary/aromatic N) is 1. The number of carboxylic acids is 1. The number of fused-ring (bicyclic) bond motifs is 4. The van der Waals surface area contributed by atoms with Crippen molar-refractivity contribution in [1.29, 1.82) is 0 Å². The average molecular weight is 495 g/mol. The Hall–Kier alpha value is -3.27. The molecule has 0 amide bonds. The maximum absolute atomic E-state index is 12.9. The number of rotatable bonds is 6. The number of nitrogens with one attached hydrogen (secondary N) is 1. The van der Waals surface area contributed by atoms with Crippen LogP contribution in [0, 0.1) is 12.8 Å². The maximum atomic E-state index is 12.9. The monoisotopic (exact) mass is 494 g/mol. The molecule has 5 rings (SSSR count). The molecule has 2 N–H and O–H groups in total. The third-order valence-electron chi connectivity index (χ3n) is 5.76. The van der Waals surface area contributed by atoms with Crippen molar-refractivity contribution in [3.8, 4) is 10.6 Å². The number of carboxylic acid groups (broad SMARTS) is 1. The fourth-order valence-electron chi connectivity index (χ4n) is 3.92. The summed E-state index contributed by atoms with van der Waals surface area (Å²) in [5, 5.41) is 11.7. The smallest absolute Gasteiger partial charge is 0.322 e. The predicted molar refractivity (Wildman–Crippen MR) is 134 cm³/mol. The molecule has 0 fully saturated rings. The normalized spacial score (nSPS) is 13.3. The fraction of sp³-hybridized carbons (Fsp3) is 0.200. The highest BCUT2D eigenvalue weighted by Gasteiger charge is 2.28. The SMILES string of the molecule is Cc1ccc2nc(-c3ccc4c(c3)oc3ccc(S(=O)(=O)N[C@@H](C(=O)O)C(C)C)cc34)sc2c1. The van der Waals surface area contributed by atoms with Gasteiger partial charge in [0.25, 0.3) is 0 Å². The minimum atomic E-state index is -4.04. The first-order valence-corrected chi connectivity index (χ1v) is 13.0. The Morgan fingerprint density at radius 1 is 1.03 bits per heavy atom. The Bertz CT molecular complexity index is 1680. The maximum Gasteiger partial charge on any atom is 0.322 e. The second kappa shape index (κ2) is 8.19. The van der Waals surface area contributed by atoms with E-state index in [0.717, 1.165) is 26.2 Å². The van der Waals surface area contributed by atoms with Crippen LogP contribution in [0.4, 0.5) is 0 Å². The molecule has 5 aromatic rings. The van der Waals surface area contributed by atoms with Gasteiger partial charge in [-0.1, -0.05) is 26.0 Å². The summed E-state index contributed by atoms with van der Waals surface area (Å²) in [6, 6.07) is 15.2. The van der Waals surface area contributed by atoms with Crippen molar-refractivity contribution in [2.45, 2.75) is 31.7 Å². The molecule has 1 atom stereocenters. The van der Waals surface area contributed by atoms with E-state index in [0.29, 0.717) is 16.6 Å². The zero-order valence-electron chi connectivity index (χ0n) is 18.7. The quantitative estimate of drug-likeness (QED) is 0.320. The molecule has 0 bridgehead atoms. The number of hydrogen-bond acceptors (Lipinski definition) is 6. The highest BCUT2D eigenvalue weighted by atomic mass is 32.2. The van der Waals surface area contributed by atoms with Gasteiger partial charge in [-0.2, -0.15) is 4.72 Å². The summed E-state index contributed by atoms with van der Waals surface area (Å²) in [5.74, 6) is -1.62. The van der Waals surface area contributed by atoms with E-state index in [1.54, 1.807) is 31.3 Å². The third kappa shape index (κ3) is 3.96. The number of aromatic nitrogens is 1. The summed E-state index contributed by atoms with van der Waals surface area (Å²) in [5.41, 5.74) is 4.21. The predicted octanol–water partition coefficient (Wildman–Crippen LogP) is 5.56. The molecule has 2 heterocycles. The van der Waals surface area contributed by atoms with Gasteiger partial charge in [-0.05, 0) is 60.9 Å². The molecule has 0 radical (unpaired) electrons. The summed E-state index contributed by atoms with van der Waals surface area (Å²) >= 11 is 1.61. The number of furan rings is 1. The number of hydrogen-bond donors (Lipinski definition) is 2. The largest absolute Gasteiger partial charge is 0.480 e. The van der Waals surface area contributed by atoms with Crippen molar-refractivity contribution in [3.63, 3.8) is 0 Å². The molecular formula is C25H22N2O5S2. The van der Waals surface area contributed by atoms with Gasteiger partial charge in [-0.3, -0.25) is 4.79 Å². The van der Waals surface area contributed by atoms with Crippen molar-refractivity contribution in [3.05, 3.63) is 60.2 Å². The molecular weight excluding hydrogens is 472 g/mol. The first-order chi connectivity index (χ1) is 16.1. The van der Waals surface area contributed by atoms with Crippen molar-refractivity contribution < 1.29 is 22.7 Å². The topological polar surface area (TPSA) is 110 Å². The van der Waals surface area contributed by atoms with Crippen LogP contribution in [0.3, 0.4) is 0 Å². The van der Waals surface area contributed by atoms with Crippen LogP contribution in [0.1, 0.15) is 19.4 Å². The van der Waals surface area contributed by atoms with Crippen LogP contribution in [0.5, 0.6) is 0 Å². The Morgan fingerprint density at radius 2 is 1.82 bits per heavy atom. The molecule has 2 aromatic heterocycles. The van der Waals surface area contributed by atoms with Crippen LogP contribution in [0.15, 0.2) is 63.9 Å². The summed E-state index contributed by atoms with van der Waals surface area (Å²) in [6.07, 6.45) is 0. The Labute approximate surface area is 200 Å². The Balaban J connectivity index is 1.55. The number of thiazole rings is 1. The molecule has 9 heteroatoms. The zero-order chi connectivity index (χ0) is 24.2. The van der Waals surface area contributed by atoms with Crippen LogP contribution < -0.4 is 4.72 Å². The molecule has 0 aliphatic heterocycles. The molecule has 0 aliphatic carbocycles. The Kier molecular flexibility index (Phi) is 5.43. The first kappa shape index (κ1) is 22.5. The van der Waals surface area contributed by atoms with Crippen molar-refractivity contribution in [1.82, 2.24) is 9.71 Å². The van der Waals surface area contributed by atoms with E-state index < -0.39 is 28.0 Å². The Morgan fingerprint density at radius 3 is 2.56 bits per heavy atom. The first-order valence-electron chi connectivity index (χ1n) is 10.7. The lowest BCUT2D eigenvalue weighted by molar-refractivity contribution is -0.140. The van der Waals surface area contributed by atoms with Crippen LogP contribution in [-0.2, 0) is 14.8 Å². The number of carbonyl (C=O) groups is 1. The van der Waals surface area contributed by atoms with Gasteiger partial charge in [0.1, 0.15) is 22.2 Å². The minimum absolute atomic E-state index is 0.0137. The summed E-state index contributed by atoms with van der Waals surface area (Å²) in [6.45, 7) is 5.35. The van der Waals surface area contributed by atoms with Crippen LogP contribution in [0.25, 0.3) is 42.7 Å². The van der Waals surface area contributed by atoms with E-state index in [-0.39, 0.29) is 4.90 Å². The lowest BCUT2D eigenvalue weighted by Crippen LogP contribution is -2.44. The van der Waals surface area contributed by atoms with E-state index >= 15 is 0 Å². The van der Waals surface area contributed by atoms with Crippen LogP contribution in [-0.4, -0.2) is 30.5 Å². The summed E-state index contributed by atoms with van der Waals surface area (Å²) in [4.78, 5) is 16.2. The molecule has 0 aliphatic rings. The molecule has 0 saturated carbocycles. The third-order valence-corrected chi connectivity index (χ3v) is 8.26. The van der Waals surface area contributed by atoms with Gasteiger partial charge in [0.2, 0.25) is 10.0 Å². The zero-order valence-corrected chi connectivity index (χ0v) is 20.3. The van der Waals surface area contributed by atoms with Gasteiger partial charge in [-0.25, -0.2) is 13.4 Å². The molecule has 174 valence electrons. The van der Waals surface area contributed by atoms with Gasteiger partial charge < -0.3 is 9.52 Å². The van der Waals surface area contributed by atoms with E-state index in [4.69, 9.17) is 9.40 Å². The molecule has 34 heavy (non-hydrogen) atoms. The number of aliphatic carboxylic acids is 1. The van der Waals surface area contributed by atoms with Crippen LogP contribution in [0.2, 0.25) is 0 Å². The second-order valence-corrected chi connectivity index (χ2v) is 11.4. The van der Waals surface area contributed by atoms with Crippen molar-refractivity contribution in [2.75, 3.05) is 0 Å². The van der Waals surface area contributed by atoms with E-state index in [1.165, 1.54) is 17.7 Å². The molecule has 7 nitrogen and oxygen atoms in total. The van der Waals surface area contributed by atoms with Crippen molar-refractivity contribution in [2.24, 2.45) is 5.92 Å². The van der Waals surface area contributed by atoms with E-state index in [9.17, 15) is 18.3 Å². The lowest BCUT2D eigenvalue weighted by Gasteiger charge is -2.17. The lowest BCUT2D eigenvalue weighted by atomic mass is 10.1. The molecule has 3 aromatic carbocycles.